The fourth-order valence-corrected chi connectivity index (χ4v) is 1.58. The lowest BCUT2D eigenvalue weighted by Crippen LogP contribution is -1.98. The number of benzene rings is 1. The van der Waals surface area contributed by atoms with Gasteiger partial charge in [-0.2, -0.15) is 0 Å². The summed E-state index contributed by atoms with van der Waals surface area (Å²) >= 11 is 0. The minimum absolute atomic E-state index is 0.789. The van der Waals surface area contributed by atoms with Crippen molar-refractivity contribution in [2.45, 2.75) is 13.3 Å². The molecule has 2 rings (SSSR count). The van der Waals surface area contributed by atoms with E-state index in [1.807, 2.05) is 25.2 Å². The molecule has 17 heavy (non-hydrogen) atoms. The molecule has 88 valence electrons. The molecule has 0 radical (unpaired) electrons. The minimum atomic E-state index is 0.789. The summed E-state index contributed by atoms with van der Waals surface area (Å²) in [5, 5.41) is 6.25. The molecule has 0 aliphatic heterocycles. The van der Waals surface area contributed by atoms with Gasteiger partial charge in [0.2, 0.25) is 0 Å². The smallest absolute Gasteiger partial charge is 0.135 e. The lowest BCUT2D eigenvalue weighted by molar-refractivity contribution is 1.13. The first-order chi connectivity index (χ1) is 8.31. The second kappa shape index (κ2) is 5.30. The molecule has 1 aromatic carbocycles. The topological polar surface area (TPSA) is 49.8 Å². The minimum Gasteiger partial charge on any atom is -0.373 e. The highest BCUT2D eigenvalue weighted by Gasteiger charge is 1.98. The Morgan fingerprint density at radius 3 is 2.71 bits per heavy atom. The Morgan fingerprint density at radius 1 is 1.12 bits per heavy atom. The third-order valence-corrected chi connectivity index (χ3v) is 2.53. The van der Waals surface area contributed by atoms with Gasteiger partial charge in [-0.3, -0.25) is 0 Å². The molecule has 0 amide bonds. The van der Waals surface area contributed by atoms with Gasteiger partial charge in [0.25, 0.3) is 0 Å². The van der Waals surface area contributed by atoms with Crippen molar-refractivity contribution >= 4 is 17.3 Å². The predicted molar refractivity (Wildman–Crippen MR) is 70.7 cm³/mol. The Morgan fingerprint density at radius 2 is 1.94 bits per heavy atom. The Bertz CT molecular complexity index is 451. The maximum Gasteiger partial charge on any atom is 0.135 e. The molecule has 0 saturated heterocycles. The zero-order chi connectivity index (χ0) is 12.1. The van der Waals surface area contributed by atoms with Crippen molar-refractivity contribution in [3.63, 3.8) is 0 Å². The molecular formula is C13H16N4. The van der Waals surface area contributed by atoms with Crippen LogP contribution in [0.2, 0.25) is 0 Å². The van der Waals surface area contributed by atoms with E-state index < -0.39 is 0 Å². The quantitative estimate of drug-likeness (QED) is 0.844. The second-order valence-corrected chi connectivity index (χ2v) is 3.72. The molecule has 0 fully saturated rings. The molecular weight excluding hydrogens is 212 g/mol. The highest BCUT2D eigenvalue weighted by atomic mass is 15.1. The van der Waals surface area contributed by atoms with Crippen LogP contribution in [0, 0.1) is 0 Å². The molecule has 2 N–H and O–H groups in total. The molecule has 0 saturated carbocycles. The fourth-order valence-electron chi connectivity index (χ4n) is 1.58. The van der Waals surface area contributed by atoms with E-state index in [2.05, 4.69) is 39.7 Å². The highest BCUT2D eigenvalue weighted by molar-refractivity contribution is 5.59. The Balaban J connectivity index is 2.18. The van der Waals surface area contributed by atoms with Gasteiger partial charge in [0.1, 0.15) is 18.0 Å². The van der Waals surface area contributed by atoms with Crippen molar-refractivity contribution in [1.82, 2.24) is 9.97 Å². The van der Waals surface area contributed by atoms with E-state index in [-0.39, 0.29) is 0 Å². The Labute approximate surface area is 101 Å². The first-order valence-corrected chi connectivity index (χ1v) is 5.67. The molecule has 2 aromatic rings. The summed E-state index contributed by atoms with van der Waals surface area (Å²) in [5.41, 5.74) is 2.35. The molecule has 0 atom stereocenters. The van der Waals surface area contributed by atoms with E-state index in [0.29, 0.717) is 0 Å². The van der Waals surface area contributed by atoms with Crippen LogP contribution >= 0.6 is 0 Å². The normalized spacial score (nSPS) is 10.0. The summed E-state index contributed by atoms with van der Waals surface area (Å²) in [6, 6.07) is 10.2. The average Bonchev–Trinajstić information content (AvgIpc) is 2.39. The Hall–Kier alpha value is -2.10. The largest absolute Gasteiger partial charge is 0.373 e. The van der Waals surface area contributed by atoms with Gasteiger partial charge in [-0.25, -0.2) is 9.97 Å². The fraction of sp³-hybridized carbons (Fsp3) is 0.231. The number of nitrogens with one attached hydrogen (secondary N) is 2. The van der Waals surface area contributed by atoms with E-state index >= 15 is 0 Å². The second-order valence-electron chi connectivity index (χ2n) is 3.72. The molecule has 0 unspecified atom stereocenters. The van der Waals surface area contributed by atoms with Gasteiger partial charge in [0.05, 0.1) is 0 Å². The average molecular weight is 228 g/mol. The van der Waals surface area contributed by atoms with Crippen LogP contribution in [0.3, 0.4) is 0 Å². The maximum atomic E-state index is 4.18. The van der Waals surface area contributed by atoms with E-state index in [4.69, 9.17) is 0 Å². The van der Waals surface area contributed by atoms with Crippen molar-refractivity contribution in [3.05, 3.63) is 42.2 Å². The van der Waals surface area contributed by atoms with Gasteiger partial charge < -0.3 is 10.6 Å². The molecule has 0 aliphatic carbocycles. The number of hydrogen-bond acceptors (Lipinski definition) is 4. The summed E-state index contributed by atoms with van der Waals surface area (Å²) in [6.45, 7) is 2.14. The van der Waals surface area contributed by atoms with Crippen molar-refractivity contribution < 1.29 is 0 Å². The number of aromatic nitrogens is 2. The third-order valence-electron chi connectivity index (χ3n) is 2.53. The van der Waals surface area contributed by atoms with Crippen molar-refractivity contribution in [2.24, 2.45) is 0 Å². The summed E-state index contributed by atoms with van der Waals surface area (Å²) in [5.74, 6) is 1.59. The summed E-state index contributed by atoms with van der Waals surface area (Å²) in [4.78, 5) is 8.25. The first-order valence-electron chi connectivity index (χ1n) is 5.67. The number of anilines is 3. The van der Waals surface area contributed by atoms with Crippen molar-refractivity contribution in [1.29, 1.82) is 0 Å². The number of rotatable bonds is 4. The molecule has 4 nitrogen and oxygen atoms in total. The number of nitrogens with zero attached hydrogens (tertiary/aromatic N) is 2. The summed E-state index contributed by atoms with van der Waals surface area (Å²) < 4.78 is 0. The molecule has 4 heteroatoms. The molecule has 1 heterocycles. The van der Waals surface area contributed by atoms with Crippen molar-refractivity contribution in [3.8, 4) is 0 Å². The maximum absolute atomic E-state index is 4.18. The third kappa shape index (κ3) is 2.93. The highest BCUT2D eigenvalue weighted by Crippen LogP contribution is 2.17. The van der Waals surface area contributed by atoms with E-state index in [0.717, 1.165) is 23.7 Å². The summed E-state index contributed by atoms with van der Waals surface area (Å²) in [7, 11) is 1.84. The molecule has 0 spiro atoms. The zero-order valence-corrected chi connectivity index (χ0v) is 10.1. The van der Waals surface area contributed by atoms with E-state index in [9.17, 15) is 0 Å². The number of hydrogen-bond donors (Lipinski definition) is 2. The van der Waals surface area contributed by atoms with Crippen molar-refractivity contribution in [2.75, 3.05) is 17.7 Å². The van der Waals surface area contributed by atoms with Crippen LogP contribution in [0.15, 0.2) is 36.7 Å². The summed E-state index contributed by atoms with van der Waals surface area (Å²) in [6.07, 6.45) is 2.57. The SMILES string of the molecule is CCc1cccc(Nc2cc(NC)ncn2)c1. The van der Waals surface area contributed by atoms with Crippen LogP contribution in [0.25, 0.3) is 0 Å². The van der Waals surface area contributed by atoms with E-state index in [1.54, 1.807) is 0 Å². The van der Waals surface area contributed by atoms with Gasteiger partial charge >= 0.3 is 0 Å². The van der Waals surface area contributed by atoms with Gasteiger partial charge in [-0.15, -0.1) is 0 Å². The van der Waals surface area contributed by atoms with Crippen LogP contribution in [-0.4, -0.2) is 17.0 Å². The van der Waals surface area contributed by atoms with Gasteiger partial charge in [-0.1, -0.05) is 19.1 Å². The van der Waals surface area contributed by atoms with Crippen LogP contribution in [0.4, 0.5) is 17.3 Å². The lowest BCUT2D eigenvalue weighted by Gasteiger charge is -2.07. The van der Waals surface area contributed by atoms with Gasteiger partial charge in [0.15, 0.2) is 0 Å². The van der Waals surface area contributed by atoms with Crippen LogP contribution in [-0.2, 0) is 6.42 Å². The van der Waals surface area contributed by atoms with Crippen LogP contribution in [0.1, 0.15) is 12.5 Å². The van der Waals surface area contributed by atoms with Crippen LogP contribution < -0.4 is 10.6 Å². The predicted octanol–water partition coefficient (Wildman–Crippen LogP) is 2.82. The lowest BCUT2D eigenvalue weighted by atomic mass is 10.1. The molecule has 0 bridgehead atoms. The molecule has 0 aliphatic rings. The first kappa shape index (κ1) is 11.4. The Kier molecular flexibility index (Phi) is 3.55. The monoisotopic (exact) mass is 228 g/mol. The van der Waals surface area contributed by atoms with Gasteiger partial charge in [-0.05, 0) is 24.1 Å². The number of aryl methyl sites for hydroxylation is 1. The van der Waals surface area contributed by atoms with Crippen LogP contribution in [0.5, 0.6) is 0 Å². The van der Waals surface area contributed by atoms with Gasteiger partial charge in [0, 0.05) is 18.8 Å². The standard InChI is InChI=1S/C13H16N4/c1-3-10-5-4-6-11(7-10)17-13-8-12(14-2)15-9-16-13/h4-9H,3H2,1-2H3,(H2,14,15,16,17). The molecule has 1 aromatic heterocycles. The van der Waals surface area contributed by atoms with E-state index in [1.165, 1.54) is 11.9 Å². The zero-order valence-electron chi connectivity index (χ0n) is 10.1.